The Labute approximate surface area is 71.1 Å². The van der Waals surface area contributed by atoms with Crippen LogP contribution in [0.1, 0.15) is 6.92 Å². The first-order chi connectivity index (χ1) is 5.25. The van der Waals surface area contributed by atoms with Crippen molar-refractivity contribution in [3.63, 3.8) is 0 Å². The topological polar surface area (TPSA) is 29.5 Å². The molecular formula is C7H13NO2S. The summed E-state index contributed by atoms with van der Waals surface area (Å²) in [5.41, 5.74) is 0. The van der Waals surface area contributed by atoms with Gasteiger partial charge in [0.2, 0.25) is 0 Å². The van der Waals surface area contributed by atoms with Crippen LogP contribution >= 0.6 is 11.8 Å². The van der Waals surface area contributed by atoms with Crippen LogP contribution in [0, 0.1) is 0 Å². The van der Waals surface area contributed by atoms with E-state index in [1.165, 1.54) is 0 Å². The lowest BCUT2D eigenvalue weighted by Gasteiger charge is -2.17. The van der Waals surface area contributed by atoms with Crippen molar-refractivity contribution in [3.05, 3.63) is 0 Å². The molecule has 0 aliphatic carbocycles. The number of methoxy groups -OCH3 is 1. The largest absolute Gasteiger partial charge is 0.372 e. The van der Waals surface area contributed by atoms with Gasteiger partial charge < -0.3 is 9.64 Å². The predicted octanol–water partition coefficient (Wildman–Crippen LogP) is 0.554. The van der Waals surface area contributed by atoms with Gasteiger partial charge in [-0.2, -0.15) is 0 Å². The highest BCUT2D eigenvalue weighted by molar-refractivity contribution is 7.99. The quantitative estimate of drug-likeness (QED) is 0.614. The Bertz CT molecular complexity index is 145. The fourth-order valence-electron chi connectivity index (χ4n) is 0.946. The molecule has 1 aliphatic rings. The summed E-state index contributed by atoms with van der Waals surface area (Å²) < 4.78 is 4.92. The molecule has 0 aromatic heterocycles. The van der Waals surface area contributed by atoms with E-state index in [-0.39, 0.29) is 12.0 Å². The van der Waals surface area contributed by atoms with E-state index in [0.717, 1.165) is 18.2 Å². The van der Waals surface area contributed by atoms with E-state index >= 15 is 0 Å². The van der Waals surface area contributed by atoms with Gasteiger partial charge >= 0.3 is 0 Å². The van der Waals surface area contributed by atoms with Crippen molar-refractivity contribution in [3.8, 4) is 0 Å². The first-order valence-corrected chi connectivity index (χ1v) is 4.80. The van der Waals surface area contributed by atoms with Gasteiger partial charge in [-0.3, -0.25) is 4.79 Å². The molecule has 4 heteroatoms. The second-order valence-corrected chi connectivity index (χ2v) is 3.59. The molecule has 1 aliphatic heterocycles. The zero-order valence-corrected chi connectivity index (χ0v) is 7.69. The van der Waals surface area contributed by atoms with E-state index in [2.05, 4.69) is 0 Å². The molecule has 0 radical (unpaired) electrons. The Morgan fingerprint density at radius 2 is 2.45 bits per heavy atom. The van der Waals surface area contributed by atoms with Gasteiger partial charge in [0, 0.05) is 19.4 Å². The molecule has 64 valence electrons. The van der Waals surface area contributed by atoms with Gasteiger partial charge in [-0.1, -0.05) is 0 Å². The molecule has 11 heavy (non-hydrogen) atoms. The minimum Gasteiger partial charge on any atom is -0.372 e. The first-order valence-electron chi connectivity index (χ1n) is 3.65. The Morgan fingerprint density at radius 3 is 2.91 bits per heavy atom. The highest BCUT2D eigenvalue weighted by atomic mass is 32.2. The molecule has 1 saturated heterocycles. The van der Waals surface area contributed by atoms with Crippen molar-refractivity contribution in [2.24, 2.45) is 0 Å². The van der Waals surface area contributed by atoms with Gasteiger partial charge in [0.15, 0.2) is 0 Å². The molecule has 1 amide bonds. The molecule has 0 N–H and O–H groups in total. The lowest BCUT2D eigenvalue weighted by molar-refractivity contribution is -0.139. The van der Waals surface area contributed by atoms with Crippen LogP contribution in [0.25, 0.3) is 0 Å². The van der Waals surface area contributed by atoms with Crippen molar-refractivity contribution >= 4 is 17.7 Å². The third-order valence-corrected chi connectivity index (χ3v) is 2.73. The summed E-state index contributed by atoms with van der Waals surface area (Å²) in [6.45, 7) is 2.66. The molecule has 0 aromatic carbocycles. The number of carbonyl (C=O) groups is 1. The van der Waals surface area contributed by atoms with Crippen LogP contribution in [0.15, 0.2) is 0 Å². The fraction of sp³-hybridized carbons (Fsp3) is 0.857. The minimum absolute atomic E-state index is 0.109. The molecule has 0 spiro atoms. The van der Waals surface area contributed by atoms with Crippen LogP contribution in [-0.4, -0.2) is 42.2 Å². The summed E-state index contributed by atoms with van der Waals surface area (Å²) in [5.74, 6) is 1.99. The molecule has 1 unspecified atom stereocenters. The Hall–Kier alpha value is -0.220. The average molecular weight is 175 g/mol. The van der Waals surface area contributed by atoms with Crippen molar-refractivity contribution < 1.29 is 9.53 Å². The molecule has 1 rings (SSSR count). The summed E-state index contributed by atoms with van der Waals surface area (Å²) in [6.07, 6.45) is -0.284. The first kappa shape index (κ1) is 8.87. The molecule has 0 aromatic rings. The van der Waals surface area contributed by atoms with Crippen LogP contribution in [0.4, 0.5) is 0 Å². The van der Waals surface area contributed by atoms with E-state index < -0.39 is 0 Å². The number of hydrogen-bond donors (Lipinski definition) is 0. The minimum atomic E-state index is -0.284. The van der Waals surface area contributed by atoms with Crippen LogP contribution in [0.2, 0.25) is 0 Å². The number of thioether (sulfide) groups is 1. The summed E-state index contributed by atoms with van der Waals surface area (Å²) in [4.78, 5) is 13.2. The van der Waals surface area contributed by atoms with E-state index in [4.69, 9.17) is 4.74 Å². The Balaban J connectivity index is 2.39. The SMILES string of the molecule is COC(C)C(=O)N1CCSC1. The Kier molecular flexibility index (Phi) is 3.20. The maximum Gasteiger partial charge on any atom is 0.252 e. The van der Waals surface area contributed by atoms with Crippen LogP contribution < -0.4 is 0 Å². The van der Waals surface area contributed by atoms with Crippen molar-refractivity contribution in [2.45, 2.75) is 13.0 Å². The maximum atomic E-state index is 11.4. The third-order valence-electron chi connectivity index (χ3n) is 1.77. The lowest BCUT2D eigenvalue weighted by Crippen LogP contribution is -2.36. The van der Waals surface area contributed by atoms with Gasteiger partial charge in [0.05, 0.1) is 5.88 Å². The average Bonchev–Trinajstić information content (AvgIpc) is 2.53. The number of ether oxygens (including phenoxy) is 1. The van der Waals surface area contributed by atoms with Crippen LogP contribution in [0.5, 0.6) is 0 Å². The molecule has 0 bridgehead atoms. The highest BCUT2D eigenvalue weighted by Crippen LogP contribution is 2.14. The van der Waals surface area contributed by atoms with Gasteiger partial charge in [-0.05, 0) is 6.92 Å². The number of amides is 1. The van der Waals surface area contributed by atoms with Crippen molar-refractivity contribution in [1.29, 1.82) is 0 Å². The fourth-order valence-corrected chi connectivity index (χ4v) is 1.90. The summed E-state index contributed by atoms with van der Waals surface area (Å²) in [7, 11) is 1.56. The number of nitrogens with zero attached hydrogens (tertiary/aromatic N) is 1. The van der Waals surface area contributed by atoms with Gasteiger partial charge in [-0.15, -0.1) is 11.8 Å². The number of carbonyl (C=O) groups excluding carboxylic acids is 1. The van der Waals surface area contributed by atoms with E-state index in [1.54, 1.807) is 25.8 Å². The molecule has 1 heterocycles. The smallest absolute Gasteiger partial charge is 0.252 e. The number of hydrogen-bond acceptors (Lipinski definition) is 3. The normalized spacial score (nSPS) is 20.4. The second-order valence-electron chi connectivity index (χ2n) is 2.52. The predicted molar refractivity (Wildman–Crippen MR) is 45.5 cm³/mol. The zero-order valence-electron chi connectivity index (χ0n) is 6.87. The summed E-state index contributed by atoms with van der Waals surface area (Å²) >= 11 is 1.79. The van der Waals surface area contributed by atoms with E-state index in [1.807, 2.05) is 4.90 Å². The zero-order chi connectivity index (χ0) is 8.27. The third kappa shape index (κ3) is 2.10. The Morgan fingerprint density at radius 1 is 1.73 bits per heavy atom. The van der Waals surface area contributed by atoms with Gasteiger partial charge in [-0.25, -0.2) is 0 Å². The van der Waals surface area contributed by atoms with Gasteiger partial charge in [0.25, 0.3) is 5.91 Å². The van der Waals surface area contributed by atoms with Gasteiger partial charge in [0.1, 0.15) is 6.10 Å². The molecular weight excluding hydrogens is 162 g/mol. The monoisotopic (exact) mass is 175 g/mol. The molecule has 1 atom stereocenters. The molecule has 3 nitrogen and oxygen atoms in total. The second kappa shape index (κ2) is 3.97. The lowest BCUT2D eigenvalue weighted by atomic mass is 10.3. The number of rotatable bonds is 2. The standard InChI is InChI=1S/C7H13NO2S/c1-6(10-2)7(9)8-3-4-11-5-8/h6H,3-5H2,1-2H3. The van der Waals surface area contributed by atoms with Crippen LogP contribution in [-0.2, 0) is 9.53 Å². The van der Waals surface area contributed by atoms with Crippen LogP contribution in [0.3, 0.4) is 0 Å². The van der Waals surface area contributed by atoms with E-state index in [0.29, 0.717) is 0 Å². The summed E-state index contributed by atoms with van der Waals surface area (Å²) in [6, 6.07) is 0. The maximum absolute atomic E-state index is 11.4. The van der Waals surface area contributed by atoms with E-state index in [9.17, 15) is 4.79 Å². The summed E-state index contributed by atoms with van der Waals surface area (Å²) in [5, 5.41) is 0. The highest BCUT2D eigenvalue weighted by Gasteiger charge is 2.22. The molecule has 0 saturated carbocycles. The van der Waals surface area contributed by atoms with Crippen molar-refractivity contribution in [2.75, 3.05) is 25.3 Å². The van der Waals surface area contributed by atoms with Crippen molar-refractivity contribution in [1.82, 2.24) is 4.90 Å². The molecule has 1 fully saturated rings.